The molecule has 0 aliphatic rings. The number of hydrogen-bond acceptors (Lipinski definition) is 4. The van der Waals surface area contributed by atoms with E-state index in [2.05, 4.69) is 25.6 Å². The third-order valence-electron chi connectivity index (χ3n) is 3.58. The molecule has 0 aromatic carbocycles. The highest BCUT2D eigenvalue weighted by Crippen LogP contribution is 2.08. The van der Waals surface area contributed by atoms with Crippen molar-refractivity contribution >= 4 is 5.96 Å². The summed E-state index contributed by atoms with van der Waals surface area (Å²) >= 11 is 0. The summed E-state index contributed by atoms with van der Waals surface area (Å²) in [7, 11) is 1.71. The smallest absolute Gasteiger partial charge is 0.191 e. The molecule has 0 bridgehead atoms. The van der Waals surface area contributed by atoms with Gasteiger partial charge in [0.2, 0.25) is 0 Å². The van der Waals surface area contributed by atoms with Crippen molar-refractivity contribution < 1.29 is 4.74 Å². The Balaban J connectivity index is 2.04. The monoisotopic (exact) mass is 330 g/mol. The first-order chi connectivity index (χ1) is 11.5. The summed E-state index contributed by atoms with van der Waals surface area (Å²) in [5.41, 5.74) is 0.832. The maximum absolute atomic E-state index is 5.42. The van der Waals surface area contributed by atoms with Crippen molar-refractivity contribution in [2.75, 3.05) is 20.2 Å². The van der Waals surface area contributed by atoms with Gasteiger partial charge in [-0.3, -0.25) is 4.57 Å². The summed E-state index contributed by atoms with van der Waals surface area (Å²) in [5, 5.41) is 6.55. The maximum atomic E-state index is 5.42. The number of aliphatic imine (C=N–C) groups is 1. The van der Waals surface area contributed by atoms with Crippen LogP contribution >= 0.6 is 0 Å². The Morgan fingerprint density at radius 2 is 2.17 bits per heavy atom. The van der Waals surface area contributed by atoms with E-state index in [1.165, 1.54) is 0 Å². The fraction of sp³-hybridized carbons (Fsp3) is 0.471. The van der Waals surface area contributed by atoms with Crippen molar-refractivity contribution in [1.29, 1.82) is 0 Å². The lowest BCUT2D eigenvalue weighted by Gasteiger charge is -2.24. The summed E-state index contributed by atoms with van der Waals surface area (Å²) in [5.74, 6) is 1.60. The van der Waals surface area contributed by atoms with Crippen LogP contribution in [-0.2, 0) is 11.3 Å². The minimum Gasteiger partial charge on any atom is -0.377 e. The molecule has 0 atom stereocenters. The lowest BCUT2D eigenvalue weighted by molar-refractivity contribution is 0.0268. The number of rotatable bonds is 7. The fourth-order valence-electron chi connectivity index (χ4n) is 1.98. The Morgan fingerprint density at radius 1 is 1.33 bits per heavy atom. The summed E-state index contributed by atoms with van der Waals surface area (Å²) in [6.45, 7) is 8.14. The number of imidazole rings is 1. The van der Waals surface area contributed by atoms with Gasteiger partial charge in [-0.25, -0.2) is 15.0 Å². The van der Waals surface area contributed by atoms with Gasteiger partial charge in [0.15, 0.2) is 5.96 Å². The van der Waals surface area contributed by atoms with Crippen LogP contribution in [0.2, 0.25) is 0 Å². The van der Waals surface area contributed by atoms with Gasteiger partial charge in [0.1, 0.15) is 12.1 Å². The van der Waals surface area contributed by atoms with Crippen LogP contribution in [0, 0.1) is 0 Å². The number of nitrogens with zero attached hydrogens (tertiary/aromatic N) is 4. The Morgan fingerprint density at radius 3 is 2.83 bits per heavy atom. The molecule has 0 saturated carbocycles. The molecule has 7 nitrogen and oxygen atoms in total. The van der Waals surface area contributed by atoms with Crippen molar-refractivity contribution in [2.45, 2.75) is 32.9 Å². The second-order valence-electron chi connectivity index (χ2n) is 6.00. The largest absolute Gasteiger partial charge is 0.377 e. The normalized spacial score (nSPS) is 12.2. The Hall–Kier alpha value is -2.41. The van der Waals surface area contributed by atoms with Crippen LogP contribution in [0.5, 0.6) is 0 Å². The number of methoxy groups -OCH3 is 1. The second kappa shape index (κ2) is 8.44. The molecular weight excluding hydrogens is 304 g/mol. The van der Waals surface area contributed by atoms with Gasteiger partial charge in [-0.15, -0.1) is 0 Å². The van der Waals surface area contributed by atoms with Crippen molar-refractivity contribution in [3.8, 4) is 5.82 Å². The van der Waals surface area contributed by atoms with E-state index in [-0.39, 0.29) is 5.60 Å². The molecule has 0 aliphatic heterocycles. The van der Waals surface area contributed by atoms with Gasteiger partial charge in [-0.1, -0.05) is 0 Å². The minimum absolute atomic E-state index is 0.249. The van der Waals surface area contributed by atoms with Crippen LogP contribution in [0.1, 0.15) is 26.3 Å². The zero-order valence-corrected chi connectivity index (χ0v) is 14.8. The summed E-state index contributed by atoms with van der Waals surface area (Å²) in [6, 6.07) is 3.97. The first-order valence-corrected chi connectivity index (χ1v) is 8.04. The van der Waals surface area contributed by atoms with Gasteiger partial charge in [-0.05, 0) is 38.5 Å². The van der Waals surface area contributed by atoms with Crippen LogP contribution < -0.4 is 10.6 Å². The van der Waals surface area contributed by atoms with E-state index >= 15 is 0 Å². The van der Waals surface area contributed by atoms with E-state index in [0.717, 1.165) is 23.9 Å². The van der Waals surface area contributed by atoms with Crippen LogP contribution in [0.4, 0.5) is 0 Å². The molecule has 2 heterocycles. The van der Waals surface area contributed by atoms with Crippen LogP contribution in [0.25, 0.3) is 5.82 Å². The van der Waals surface area contributed by atoms with E-state index in [9.17, 15) is 0 Å². The maximum Gasteiger partial charge on any atom is 0.191 e. The molecule has 7 heteroatoms. The molecule has 0 fully saturated rings. The summed E-state index contributed by atoms with van der Waals surface area (Å²) in [6.07, 6.45) is 7.12. The predicted octanol–water partition coefficient (Wildman–Crippen LogP) is 1.75. The summed E-state index contributed by atoms with van der Waals surface area (Å²) < 4.78 is 7.30. The number of hydrogen-bond donors (Lipinski definition) is 2. The molecule has 0 saturated heterocycles. The lowest BCUT2D eigenvalue weighted by Crippen LogP contribution is -2.45. The topological polar surface area (TPSA) is 76.4 Å². The highest BCUT2D eigenvalue weighted by Gasteiger charge is 2.16. The number of nitrogens with one attached hydrogen (secondary N) is 2. The van der Waals surface area contributed by atoms with Crippen molar-refractivity contribution in [3.63, 3.8) is 0 Å². The molecule has 2 aromatic rings. The van der Waals surface area contributed by atoms with Crippen molar-refractivity contribution in [1.82, 2.24) is 25.2 Å². The highest BCUT2D eigenvalue weighted by atomic mass is 16.5. The Kier molecular flexibility index (Phi) is 6.31. The molecule has 2 rings (SSSR count). The van der Waals surface area contributed by atoms with Gasteiger partial charge in [0, 0.05) is 38.8 Å². The number of guanidine groups is 1. The van der Waals surface area contributed by atoms with Crippen LogP contribution in [0.15, 0.2) is 42.0 Å². The van der Waals surface area contributed by atoms with E-state index in [4.69, 9.17) is 4.74 Å². The van der Waals surface area contributed by atoms with E-state index < -0.39 is 0 Å². The number of pyridine rings is 1. The van der Waals surface area contributed by atoms with Gasteiger partial charge in [0.05, 0.1) is 12.1 Å². The molecule has 0 amide bonds. The number of ether oxygens (including phenoxy) is 1. The molecule has 24 heavy (non-hydrogen) atoms. The van der Waals surface area contributed by atoms with Gasteiger partial charge in [-0.2, -0.15) is 0 Å². The predicted molar refractivity (Wildman–Crippen MR) is 95.3 cm³/mol. The van der Waals surface area contributed by atoms with Crippen molar-refractivity contribution in [2.24, 2.45) is 4.99 Å². The molecule has 0 radical (unpaired) electrons. The van der Waals surface area contributed by atoms with E-state index in [0.29, 0.717) is 13.1 Å². The standard InChI is InChI=1S/C17H26N6O/c1-5-19-16(22-12-17(2,3)24-4)21-11-14-6-7-20-15(10-14)23-9-8-18-13-23/h6-10,13H,5,11-12H2,1-4H3,(H2,19,21,22). The molecule has 2 N–H and O–H groups in total. The average molecular weight is 330 g/mol. The lowest BCUT2D eigenvalue weighted by atomic mass is 10.1. The molecule has 0 spiro atoms. The SMILES string of the molecule is CCNC(=NCc1ccnc(-n2ccnc2)c1)NCC(C)(C)OC. The number of aromatic nitrogens is 3. The molecule has 0 aliphatic carbocycles. The molecule has 130 valence electrons. The minimum atomic E-state index is -0.249. The third kappa shape index (κ3) is 5.34. The van der Waals surface area contributed by atoms with Crippen molar-refractivity contribution in [3.05, 3.63) is 42.6 Å². The summed E-state index contributed by atoms with van der Waals surface area (Å²) in [4.78, 5) is 13.0. The van der Waals surface area contributed by atoms with Crippen LogP contribution in [-0.4, -0.2) is 46.3 Å². The first kappa shape index (κ1) is 17.9. The molecule has 2 aromatic heterocycles. The Labute approximate surface area is 143 Å². The fourth-order valence-corrected chi connectivity index (χ4v) is 1.98. The molecule has 0 unspecified atom stereocenters. The van der Waals surface area contributed by atoms with Gasteiger partial charge >= 0.3 is 0 Å². The van der Waals surface area contributed by atoms with Gasteiger partial charge in [0.25, 0.3) is 0 Å². The zero-order valence-electron chi connectivity index (χ0n) is 14.8. The average Bonchev–Trinajstić information content (AvgIpc) is 3.12. The molecular formula is C17H26N6O. The van der Waals surface area contributed by atoms with E-state index in [1.54, 1.807) is 25.8 Å². The zero-order chi connectivity index (χ0) is 17.4. The van der Waals surface area contributed by atoms with E-state index in [1.807, 2.05) is 43.7 Å². The quantitative estimate of drug-likeness (QED) is 0.597. The van der Waals surface area contributed by atoms with Crippen LogP contribution in [0.3, 0.4) is 0 Å². The first-order valence-electron chi connectivity index (χ1n) is 8.04. The third-order valence-corrected chi connectivity index (χ3v) is 3.58. The van der Waals surface area contributed by atoms with Gasteiger partial charge < -0.3 is 15.4 Å². The highest BCUT2D eigenvalue weighted by molar-refractivity contribution is 5.79. The second-order valence-corrected chi connectivity index (χ2v) is 6.00. The Bertz CT molecular complexity index is 651.